The molecule has 2 rings (SSSR count). The van der Waals surface area contributed by atoms with E-state index in [0.29, 0.717) is 19.4 Å². The van der Waals surface area contributed by atoms with E-state index in [1.807, 2.05) is 35.2 Å². The molecule has 1 unspecified atom stereocenters. The summed E-state index contributed by atoms with van der Waals surface area (Å²) in [5.41, 5.74) is 6.94. The van der Waals surface area contributed by atoms with E-state index in [2.05, 4.69) is 17.3 Å². The van der Waals surface area contributed by atoms with Crippen molar-refractivity contribution in [2.75, 3.05) is 39.8 Å². The van der Waals surface area contributed by atoms with Gasteiger partial charge in [0.05, 0.1) is 6.04 Å². The van der Waals surface area contributed by atoms with Gasteiger partial charge in [-0.2, -0.15) is 0 Å². The Hall–Kier alpha value is -1.92. The number of hydrogen-bond donors (Lipinski definition) is 2. The van der Waals surface area contributed by atoms with E-state index in [1.54, 1.807) is 0 Å². The molecule has 2 amide bonds. The maximum absolute atomic E-state index is 12.1. The van der Waals surface area contributed by atoms with Crippen LogP contribution in [0.2, 0.25) is 0 Å². The molecule has 1 aliphatic rings. The fraction of sp³-hybridized carbons (Fsp3) is 0.529. The van der Waals surface area contributed by atoms with Crippen LogP contribution in [0.3, 0.4) is 0 Å². The number of nitrogens with one attached hydrogen (secondary N) is 1. The molecular formula is C17H26N4O2. The van der Waals surface area contributed by atoms with Gasteiger partial charge in [0.1, 0.15) is 0 Å². The molecule has 1 heterocycles. The molecular weight excluding hydrogens is 292 g/mol. The molecule has 6 nitrogen and oxygen atoms in total. The Labute approximate surface area is 137 Å². The van der Waals surface area contributed by atoms with E-state index in [-0.39, 0.29) is 11.8 Å². The van der Waals surface area contributed by atoms with Crippen LogP contribution >= 0.6 is 0 Å². The van der Waals surface area contributed by atoms with Crippen molar-refractivity contribution < 1.29 is 9.59 Å². The maximum atomic E-state index is 12.1. The van der Waals surface area contributed by atoms with Gasteiger partial charge in [-0.15, -0.1) is 0 Å². The third-order valence-electron chi connectivity index (χ3n) is 4.13. The summed E-state index contributed by atoms with van der Waals surface area (Å²) in [6.45, 7) is 3.67. The van der Waals surface area contributed by atoms with Crippen molar-refractivity contribution in [2.24, 2.45) is 5.73 Å². The molecule has 1 atom stereocenters. The monoisotopic (exact) mass is 318 g/mol. The SMILES string of the molecule is CN1CCN(C(=O)CCNC(=O)C(N)Cc2ccccc2)CC1. The predicted octanol–water partition coefficient (Wildman–Crippen LogP) is -0.163. The second-order valence-electron chi connectivity index (χ2n) is 6.02. The van der Waals surface area contributed by atoms with Crippen LogP contribution in [-0.2, 0) is 16.0 Å². The Morgan fingerprint density at radius 3 is 2.48 bits per heavy atom. The minimum Gasteiger partial charge on any atom is -0.354 e. The topological polar surface area (TPSA) is 78.7 Å². The Kier molecular flexibility index (Phi) is 6.55. The van der Waals surface area contributed by atoms with Gasteiger partial charge in [0.15, 0.2) is 0 Å². The van der Waals surface area contributed by atoms with Gasteiger partial charge in [-0.25, -0.2) is 0 Å². The summed E-state index contributed by atoms with van der Waals surface area (Å²) in [6.07, 6.45) is 0.826. The van der Waals surface area contributed by atoms with Crippen LogP contribution in [-0.4, -0.2) is 67.4 Å². The zero-order valence-electron chi connectivity index (χ0n) is 13.7. The van der Waals surface area contributed by atoms with E-state index in [9.17, 15) is 9.59 Å². The Morgan fingerprint density at radius 1 is 1.17 bits per heavy atom. The molecule has 3 N–H and O–H groups in total. The number of carbonyl (C=O) groups is 2. The summed E-state index contributed by atoms with van der Waals surface area (Å²) in [7, 11) is 2.05. The number of nitrogens with zero attached hydrogens (tertiary/aromatic N) is 2. The quantitative estimate of drug-likeness (QED) is 0.764. The number of hydrogen-bond acceptors (Lipinski definition) is 4. The number of carbonyl (C=O) groups excluding carboxylic acids is 2. The molecule has 0 aromatic heterocycles. The highest BCUT2D eigenvalue weighted by atomic mass is 16.2. The molecule has 1 fully saturated rings. The lowest BCUT2D eigenvalue weighted by atomic mass is 10.1. The molecule has 0 aliphatic carbocycles. The van der Waals surface area contributed by atoms with E-state index in [4.69, 9.17) is 5.73 Å². The fourth-order valence-corrected chi connectivity index (χ4v) is 2.60. The van der Waals surface area contributed by atoms with Crippen molar-refractivity contribution in [1.29, 1.82) is 0 Å². The highest BCUT2D eigenvalue weighted by Gasteiger charge is 2.19. The zero-order valence-corrected chi connectivity index (χ0v) is 13.7. The smallest absolute Gasteiger partial charge is 0.237 e. The molecule has 23 heavy (non-hydrogen) atoms. The highest BCUT2D eigenvalue weighted by Crippen LogP contribution is 2.03. The molecule has 1 aliphatic heterocycles. The summed E-state index contributed by atoms with van der Waals surface area (Å²) >= 11 is 0. The first-order valence-electron chi connectivity index (χ1n) is 8.10. The maximum Gasteiger partial charge on any atom is 0.237 e. The van der Waals surface area contributed by atoms with Crippen LogP contribution in [0.4, 0.5) is 0 Å². The lowest BCUT2D eigenvalue weighted by molar-refractivity contribution is -0.132. The van der Waals surface area contributed by atoms with Crippen LogP contribution in [0.5, 0.6) is 0 Å². The van der Waals surface area contributed by atoms with Gasteiger partial charge < -0.3 is 20.9 Å². The second-order valence-corrected chi connectivity index (χ2v) is 6.02. The van der Waals surface area contributed by atoms with Gasteiger partial charge in [-0.05, 0) is 19.0 Å². The van der Waals surface area contributed by atoms with Crippen LogP contribution in [0.25, 0.3) is 0 Å². The third-order valence-corrected chi connectivity index (χ3v) is 4.13. The van der Waals surface area contributed by atoms with Gasteiger partial charge in [-0.1, -0.05) is 30.3 Å². The van der Waals surface area contributed by atoms with Crippen LogP contribution < -0.4 is 11.1 Å². The normalized spacial score (nSPS) is 16.9. The number of rotatable bonds is 6. The van der Waals surface area contributed by atoms with Crippen molar-refractivity contribution in [3.8, 4) is 0 Å². The number of piperazine rings is 1. The average molecular weight is 318 g/mol. The molecule has 1 aromatic carbocycles. The van der Waals surface area contributed by atoms with Crippen LogP contribution in [0.1, 0.15) is 12.0 Å². The van der Waals surface area contributed by atoms with Crippen molar-refractivity contribution in [1.82, 2.24) is 15.1 Å². The first kappa shape index (κ1) is 17.4. The second kappa shape index (κ2) is 8.64. The third kappa shape index (κ3) is 5.65. The Morgan fingerprint density at radius 2 is 1.83 bits per heavy atom. The molecule has 0 radical (unpaired) electrons. The lowest BCUT2D eigenvalue weighted by Gasteiger charge is -2.32. The molecule has 1 saturated heterocycles. The van der Waals surface area contributed by atoms with Crippen molar-refractivity contribution >= 4 is 11.8 Å². The van der Waals surface area contributed by atoms with E-state index >= 15 is 0 Å². The highest BCUT2D eigenvalue weighted by molar-refractivity contribution is 5.83. The van der Waals surface area contributed by atoms with Crippen LogP contribution in [0, 0.1) is 0 Å². The van der Waals surface area contributed by atoms with E-state index < -0.39 is 6.04 Å². The average Bonchev–Trinajstić information content (AvgIpc) is 2.56. The van der Waals surface area contributed by atoms with Gasteiger partial charge in [0, 0.05) is 39.1 Å². The van der Waals surface area contributed by atoms with E-state index in [0.717, 1.165) is 31.7 Å². The first-order chi connectivity index (χ1) is 11.1. The van der Waals surface area contributed by atoms with Gasteiger partial charge in [0.2, 0.25) is 11.8 Å². The minimum atomic E-state index is -0.587. The van der Waals surface area contributed by atoms with Gasteiger partial charge >= 0.3 is 0 Å². The molecule has 126 valence electrons. The number of amides is 2. The summed E-state index contributed by atoms with van der Waals surface area (Å²) in [5, 5.41) is 2.76. The summed E-state index contributed by atoms with van der Waals surface area (Å²) < 4.78 is 0. The van der Waals surface area contributed by atoms with Crippen molar-refractivity contribution in [3.63, 3.8) is 0 Å². The fourth-order valence-electron chi connectivity index (χ4n) is 2.60. The van der Waals surface area contributed by atoms with Gasteiger partial charge in [-0.3, -0.25) is 9.59 Å². The minimum absolute atomic E-state index is 0.0926. The standard InChI is InChI=1S/C17H26N4O2/c1-20-9-11-21(12-10-20)16(22)7-8-19-17(23)15(18)13-14-5-3-2-4-6-14/h2-6,15H,7-13,18H2,1H3,(H,19,23). The van der Waals surface area contributed by atoms with Crippen molar-refractivity contribution in [2.45, 2.75) is 18.9 Å². The first-order valence-corrected chi connectivity index (χ1v) is 8.10. The molecule has 6 heteroatoms. The van der Waals surface area contributed by atoms with E-state index in [1.165, 1.54) is 0 Å². The van der Waals surface area contributed by atoms with Gasteiger partial charge in [0.25, 0.3) is 0 Å². The Balaban J connectivity index is 1.67. The largest absolute Gasteiger partial charge is 0.354 e. The molecule has 1 aromatic rings. The van der Waals surface area contributed by atoms with Crippen LogP contribution in [0.15, 0.2) is 30.3 Å². The number of benzene rings is 1. The number of likely N-dealkylation sites (N-methyl/N-ethyl adjacent to an activating group) is 1. The summed E-state index contributed by atoms with van der Waals surface area (Å²) in [5.74, 6) is -0.116. The van der Waals surface area contributed by atoms with Crippen molar-refractivity contribution in [3.05, 3.63) is 35.9 Å². The molecule has 0 bridgehead atoms. The molecule has 0 saturated carbocycles. The zero-order chi connectivity index (χ0) is 16.7. The predicted molar refractivity (Wildman–Crippen MR) is 89.8 cm³/mol. The summed E-state index contributed by atoms with van der Waals surface area (Å²) in [6, 6.07) is 9.09. The molecule has 0 spiro atoms. The summed E-state index contributed by atoms with van der Waals surface area (Å²) in [4.78, 5) is 28.1. The lowest BCUT2D eigenvalue weighted by Crippen LogP contribution is -2.48. The number of nitrogens with two attached hydrogens (primary N) is 1. The Bertz CT molecular complexity index is 513.